The third-order valence-corrected chi connectivity index (χ3v) is 5.14. The molecule has 0 aromatic heterocycles. The van der Waals surface area contributed by atoms with Gasteiger partial charge < -0.3 is 10.2 Å². The fourth-order valence-electron chi connectivity index (χ4n) is 2.89. The first-order valence-corrected chi connectivity index (χ1v) is 8.17. The predicted octanol–water partition coefficient (Wildman–Crippen LogP) is 2.62. The highest BCUT2D eigenvalue weighted by atomic mass is 32.2. The Morgan fingerprint density at radius 2 is 2.37 bits per heavy atom. The van der Waals surface area contributed by atoms with Crippen LogP contribution in [-0.4, -0.2) is 41.4 Å². The zero-order valence-electron chi connectivity index (χ0n) is 11.3. The van der Waals surface area contributed by atoms with Gasteiger partial charge in [0.15, 0.2) is 0 Å². The van der Waals surface area contributed by atoms with Crippen LogP contribution in [0.4, 0.5) is 5.69 Å². The van der Waals surface area contributed by atoms with E-state index in [-0.39, 0.29) is 5.91 Å². The van der Waals surface area contributed by atoms with E-state index in [0.717, 1.165) is 48.7 Å². The van der Waals surface area contributed by atoms with E-state index in [2.05, 4.69) is 18.3 Å². The molecule has 2 aliphatic heterocycles. The Balaban J connectivity index is 1.91. The molecule has 0 spiro atoms. The first-order valence-electron chi connectivity index (χ1n) is 7.02. The lowest BCUT2D eigenvalue weighted by molar-refractivity contribution is 0.0715. The highest BCUT2D eigenvalue weighted by Gasteiger charge is 2.27. The van der Waals surface area contributed by atoms with Gasteiger partial charge in [-0.1, -0.05) is 6.07 Å². The van der Waals surface area contributed by atoms with Crippen LogP contribution in [0.25, 0.3) is 0 Å². The van der Waals surface area contributed by atoms with Crippen LogP contribution in [0.5, 0.6) is 0 Å². The van der Waals surface area contributed by atoms with Gasteiger partial charge in [0.05, 0.1) is 0 Å². The Labute approximate surface area is 118 Å². The van der Waals surface area contributed by atoms with Gasteiger partial charge in [0.1, 0.15) is 0 Å². The molecule has 2 aliphatic rings. The number of fused-ring (bicyclic) bond motifs is 1. The SMILES string of the molecule is CC1CSCCN1C(=O)c1cccc2c1CCCN2. The Bertz CT molecular complexity index is 489. The lowest BCUT2D eigenvalue weighted by Gasteiger charge is -2.34. The van der Waals surface area contributed by atoms with Crippen molar-refractivity contribution in [1.82, 2.24) is 4.90 Å². The largest absolute Gasteiger partial charge is 0.385 e. The number of carbonyl (C=O) groups is 1. The minimum absolute atomic E-state index is 0.216. The smallest absolute Gasteiger partial charge is 0.254 e. The predicted molar refractivity (Wildman–Crippen MR) is 81.1 cm³/mol. The zero-order chi connectivity index (χ0) is 13.2. The highest BCUT2D eigenvalue weighted by molar-refractivity contribution is 7.99. The van der Waals surface area contributed by atoms with Gasteiger partial charge in [0, 0.05) is 41.9 Å². The van der Waals surface area contributed by atoms with E-state index in [1.54, 1.807) is 0 Å². The molecule has 1 aromatic rings. The molecule has 0 aliphatic carbocycles. The van der Waals surface area contributed by atoms with Crippen LogP contribution in [0, 0.1) is 0 Å². The van der Waals surface area contributed by atoms with Crippen LogP contribution in [0.1, 0.15) is 29.3 Å². The summed E-state index contributed by atoms with van der Waals surface area (Å²) in [6.07, 6.45) is 2.13. The number of hydrogen-bond acceptors (Lipinski definition) is 3. The van der Waals surface area contributed by atoms with Crippen molar-refractivity contribution in [1.29, 1.82) is 0 Å². The summed E-state index contributed by atoms with van der Waals surface area (Å²) >= 11 is 1.94. The van der Waals surface area contributed by atoms with Crippen molar-refractivity contribution in [2.75, 3.05) is 29.9 Å². The van der Waals surface area contributed by atoms with Crippen LogP contribution in [-0.2, 0) is 6.42 Å². The van der Waals surface area contributed by atoms with Crippen molar-refractivity contribution in [3.63, 3.8) is 0 Å². The Kier molecular flexibility index (Phi) is 3.69. The number of nitrogens with zero attached hydrogens (tertiary/aromatic N) is 1. The molecule has 1 atom stereocenters. The maximum Gasteiger partial charge on any atom is 0.254 e. The number of anilines is 1. The Morgan fingerprint density at radius 3 is 3.21 bits per heavy atom. The average Bonchev–Trinajstić information content (AvgIpc) is 2.46. The number of nitrogens with one attached hydrogen (secondary N) is 1. The van der Waals surface area contributed by atoms with Crippen molar-refractivity contribution in [3.8, 4) is 0 Å². The van der Waals surface area contributed by atoms with Crippen LogP contribution in [0.2, 0.25) is 0 Å². The first-order chi connectivity index (χ1) is 9.27. The molecule has 0 radical (unpaired) electrons. The van der Waals surface area contributed by atoms with Crippen LogP contribution < -0.4 is 5.32 Å². The van der Waals surface area contributed by atoms with E-state index in [4.69, 9.17) is 0 Å². The van der Waals surface area contributed by atoms with Crippen molar-refractivity contribution in [2.45, 2.75) is 25.8 Å². The van der Waals surface area contributed by atoms with Gasteiger partial charge in [-0.15, -0.1) is 0 Å². The van der Waals surface area contributed by atoms with Gasteiger partial charge in [-0.3, -0.25) is 4.79 Å². The number of thioether (sulfide) groups is 1. The molecule has 3 rings (SSSR count). The Morgan fingerprint density at radius 1 is 1.47 bits per heavy atom. The van der Waals surface area contributed by atoms with E-state index in [9.17, 15) is 4.79 Å². The maximum absolute atomic E-state index is 12.8. The van der Waals surface area contributed by atoms with E-state index >= 15 is 0 Å². The molecule has 1 aromatic carbocycles. The molecule has 1 N–H and O–H groups in total. The molecule has 19 heavy (non-hydrogen) atoms. The van der Waals surface area contributed by atoms with E-state index in [0.29, 0.717) is 6.04 Å². The summed E-state index contributed by atoms with van der Waals surface area (Å²) in [6, 6.07) is 6.41. The number of hydrogen-bond donors (Lipinski definition) is 1. The molecule has 1 amide bonds. The van der Waals surface area contributed by atoms with E-state index in [1.165, 1.54) is 5.56 Å². The van der Waals surface area contributed by atoms with Crippen molar-refractivity contribution in [3.05, 3.63) is 29.3 Å². The third-order valence-electron chi connectivity index (χ3n) is 3.95. The van der Waals surface area contributed by atoms with Gasteiger partial charge >= 0.3 is 0 Å². The summed E-state index contributed by atoms with van der Waals surface area (Å²) < 4.78 is 0. The molecule has 3 nitrogen and oxygen atoms in total. The van der Waals surface area contributed by atoms with Gasteiger partial charge in [0.2, 0.25) is 0 Å². The minimum Gasteiger partial charge on any atom is -0.385 e. The van der Waals surface area contributed by atoms with Crippen molar-refractivity contribution < 1.29 is 4.79 Å². The molecule has 0 bridgehead atoms. The Hall–Kier alpha value is -1.16. The molecule has 2 heterocycles. The van der Waals surface area contributed by atoms with E-state index < -0.39 is 0 Å². The topological polar surface area (TPSA) is 32.3 Å². The molecule has 1 unspecified atom stereocenters. The van der Waals surface area contributed by atoms with Crippen molar-refractivity contribution >= 4 is 23.4 Å². The lowest BCUT2D eigenvalue weighted by atomic mass is 9.96. The third kappa shape index (κ3) is 2.46. The summed E-state index contributed by atoms with van der Waals surface area (Å²) in [6.45, 7) is 4.04. The number of rotatable bonds is 1. The summed E-state index contributed by atoms with van der Waals surface area (Å²) in [7, 11) is 0. The fraction of sp³-hybridized carbons (Fsp3) is 0.533. The summed E-state index contributed by atoms with van der Waals surface area (Å²) in [5, 5.41) is 3.40. The van der Waals surface area contributed by atoms with Crippen LogP contribution in [0.15, 0.2) is 18.2 Å². The average molecular weight is 276 g/mol. The second kappa shape index (κ2) is 5.45. The van der Waals surface area contributed by atoms with Crippen LogP contribution >= 0.6 is 11.8 Å². The molecular weight excluding hydrogens is 256 g/mol. The summed E-state index contributed by atoms with van der Waals surface area (Å²) in [5.41, 5.74) is 3.27. The quantitative estimate of drug-likeness (QED) is 0.856. The van der Waals surface area contributed by atoms with E-state index in [1.807, 2.05) is 28.8 Å². The molecule has 0 saturated carbocycles. The van der Waals surface area contributed by atoms with Gasteiger partial charge in [-0.25, -0.2) is 0 Å². The lowest BCUT2D eigenvalue weighted by Crippen LogP contribution is -2.44. The van der Waals surface area contributed by atoms with Crippen molar-refractivity contribution in [2.24, 2.45) is 0 Å². The standard InChI is InChI=1S/C15H20N2OS/c1-11-10-19-9-8-17(11)15(18)13-4-2-6-14-12(13)5-3-7-16-14/h2,4,6,11,16H,3,5,7-10H2,1H3. The molecular formula is C15H20N2OS. The maximum atomic E-state index is 12.8. The minimum atomic E-state index is 0.216. The summed E-state index contributed by atoms with van der Waals surface area (Å²) in [4.78, 5) is 14.8. The molecule has 1 fully saturated rings. The second-order valence-corrected chi connectivity index (χ2v) is 6.43. The molecule has 102 valence electrons. The number of amides is 1. The monoisotopic (exact) mass is 276 g/mol. The normalized spacial score (nSPS) is 22.6. The second-order valence-electron chi connectivity index (χ2n) is 5.28. The van der Waals surface area contributed by atoms with Gasteiger partial charge in [-0.05, 0) is 37.5 Å². The molecule has 1 saturated heterocycles. The summed E-state index contributed by atoms with van der Waals surface area (Å²) in [5.74, 6) is 2.33. The highest BCUT2D eigenvalue weighted by Crippen LogP contribution is 2.27. The number of benzene rings is 1. The first kappa shape index (κ1) is 12.9. The zero-order valence-corrected chi connectivity index (χ0v) is 12.1. The molecule has 4 heteroatoms. The fourth-order valence-corrected chi connectivity index (χ4v) is 3.91. The van der Waals surface area contributed by atoms with Crippen LogP contribution in [0.3, 0.4) is 0 Å². The number of carbonyl (C=O) groups excluding carboxylic acids is 1. The van der Waals surface area contributed by atoms with Gasteiger partial charge in [-0.2, -0.15) is 11.8 Å². The van der Waals surface area contributed by atoms with Gasteiger partial charge in [0.25, 0.3) is 5.91 Å².